The second kappa shape index (κ2) is 8.33. The van der Waals surface area contributed by atoms with Gasteiger partial charge in [-0.15, -0.1) is 22.7 Å². The third-order valence-electron chi connectivity index (χ3n) is 4.46. The van der Waals surface area contributed by atoms with Gasteiger partial charge >= 0.3 is 5.97 Å². The lowest BCUT2D eigenvalue weighted by Gasteiger charge is -2.06. The second-order valence-electron chi connectivity index (χ2n) is 6.40. The molecule has 0 spiro atoms. The molecule has 0 bridgehead atoms. The highest BCUT2D eigenvalue weighted by Crippen LogP contribution is 2.43. The Morgan fingerprint density at radius 2 is 1.83 bits per heavy atom. The number of halogens is 1. The third-order valence-corrected chi connectivity index (χ3v) is 6.70. The quantitative estimate of drug-likeness (QED) is 0.392. The van der Waals surface area contributed by atoms with Crippen molar-refractivity contribution >= 4 is 49.8 Å². The average molecular weight is 441 g/mol. The Morgan fingerprint density at radius 3 is 2.57 bits per heavy atom. The molecule has 30 heavy (non-hydrogen) atoms. The van der Waals surface area contributed by atoms with Crippen molar-refractivity contribution in [2.45, 2.75) is 13.8 Å². The van der Waals surface area contributed by atoms with Crippen LogP contribution in [0.2, 0.25) is 0 Å². The lowest BCUT2D eigenvalue weighted by Crippen LogP contribution is -2.13. The van der Waals surface area contributed by atoms with E-state index in [4.69, 9.17) is 4.74 Å². The maximum Gasteiger partial charge on any atom is 0.348 e. The lowest BCUT2D eigenvalue weighted by molar-refractivity contribution is 0.0531. The number of carbonyl (C=O) groups excluding carboxylic acids is 2. The Hall–Kier alpha value is -3.10. The van der Waals surface area contributed by atoms with Crippen LogP contribution in [0.25, 0.3) is 20.8 Å². The van der Waals surface area contributed by atoms with Crippen LogP contribution in [-0.4, -0.2) is 23.5 Å². The van der Waals surface area contributed by atoms with Gasteiger partial charge in [-0.2, -0.15) is 0 Å². The first kappa shape index (κ1) is 20.2. The van der Waals surface area contributed by atoms with E-state index in [0.29, 0.717) is 26.0 Å². The first-order valence-electron chi connectivity index (χ1n) is 9.22. The number of aromatic nitrogens is 1. The van der Waals surface area contributed by atoms with Gasteiger partial charge in [-0.25, -0.2) is 14.2 Å². The Labute approximate surface area is 180 Å². The monoisotopic (exact) mass is 440 g/mol. The largest absolute Gasteiger partial charge is 0.462 e. The van der Waals surface area contributed by atoms with Gasteiger partial charge in [0.05, 0.1) is 22.4 Å². The van der Waals surface area contributed by atoms with Gasteiger partial charge < -0.3 is 10.1 Å². The summed E-state index contributed by atoms with van der Waals surface area (Å²) in [5, 5.41) is 3.87. The minimum atomic E-state index is -0.615. The minimum absolute atomic E-state index is 0.0727. The zero-order chi connectivity index (χ0) is 21.3. The summed E-state index contributed by atoms with van der Waals surface area (Å²) in [5.74, 6) is -1.67. The summed E-state index contributed by atoms with van der Waals surface area (Å²) in [7, 11) is 0. The number of ether oxygens (including phenoxy) is 1. The molecule has 8 heteroatoms. The second-order valence-corrected chi connectivity index (χ2v) is 8.45. The first-order valence-corrected chi connectivity index (χ1v) is 10.8. The molecule has 4 aromatic rings. The molecule has 2 aromatic heterocycles. The molecule has 0 unspecified atom stereocenters. The van der Waals surface area contributed by atoms with E-state index in [1.165, 1.54) is 29.5 Å². The Morgan fingerprint density at radius 1 is 1.10 bits per heavy atom. The zero-order valence-electron chi connectivity index (χ0n) is 16.2. The van der Waals surface area contributed by atoms with Gasteiger partial charge in [0.15, 0.2) is 0 Å². The van der Waals surface area contributed by atoms with E-state index < -0.39 is 17.7 Å². The lowest BCUT2D eigenvalue weighted by atomic mass is 10.1. The number of amides is 1. The summed E-state index contributed by atoms with van der Waals surface area (Å²) in [6.07, 6.45) is 0. The summed E-state index contributed by atoms with van der Waals surface area (Å²) in [4.78, 5) is 30.2. The summed E-state index contributed by atoms with van der Waals surface area (Å²) < 4.78 is 20.2. The van der Waals surface area contributed by atoms with E-state index in [1.54, 1.807) is 19.9 Å². The Balaban J connectivity index is 1.82. The molecule has 0 saturated carbocycles. The number of nitrogens with one attached hydrogen (secondary N) is 1. The van der Waals surface area contributed by atoms with E-state index in [0.717, 1.165) is 21.6 Å². The minimum Gasteiger partial charge on any atom is -0.462 e. The highest BCUT2D eigenvalue weighted by molar-refractivity contribution is 7.23. The van der Waals surface area contributed by atoms with Crippen LogP contribution >= 0.6 is 22.7 Å². The van der Waals surface area contributed by atoms with Crippen LogP contribution in [0.5, 0.6) is 0 Å². The maximum atomic E-state index is 14.1. The molecule has 0 atom stereocenters. The first-order chi connectivity index (χ1) is 14.5. The molecule has 2 heterocycles. The number of fused-ring (bicyclic) bond motifs is 1. The Kier molecular flexibility index (Phi) is 5.61. The molecule has 5 nitrogen and oxygen atoms in total. The summed E-state index contributed by atoms with van der Waals surface area (Å²) >= 11 is 2.57. The topological polar surface area (TPSA) is 68.3 Å². The van der Waals surface area contributed by atoms with Crippen molar-refractivity contribution < 1.29 is 18.7 Å². The molecule has 0 fully saturated rings. The van der Waals surface area contributed by atoms with Crippen LogP contribution in [0.3, 0.4) is 0 Å². The number of thiophene rings is 1. The summed E-state index contributed by atoms with van der Waals surface area (Å²) in [5.41, 5.74) is 2.07. The predicted molar refractivity (Wildman–Crippen MR) is 118 cm³/mol. The summed E-state index contributed by atoms with van der Waals surface area (Å²) in [6, 6.07) is 13.4. The van der Waals surface area contributed by atoms with E-state index in [9.17, 15) is 14.0 Å². The van der Waals surface area contributed by atoms with Gasteiger partial charge in [-0.05, 0) is 43.7 Å². The van der Waals surface area contributed by atoms with Crippen molar-refractivity contribution in [2.24, 2.45) is 0 Å². The number of esters is 1. The standard InChI is InChI=1S/C22H17FN2O3S2/c1-3-28-22(27)18-12(2)17(20-24-15-10-6-7-11-16(15)29-20)21(30-18)25-19(26)13-8-4-5-9-14(13)23/h4-11H,3H2,1-2H3,(H,25,26). The van der Waals surface area contributed by atoms with Crippen LogP contribution in [0, 0.1) is 12.7 Å². The van der Waals surface area contributed by atoms with E-state index in [-0.39, 0.29) is 12.2 Å². The van der Waals surface area contributed by atoms with Crippen molar-refractivity contribution in [3.63, 3.8) is 0 Å². The number of hydrogen-bond donors (Lipinski definition) is 1. The van der Waals surface area contributed by atoms with Gasteiger partial charge in [0.1, 0.15) is 20.7 Å². The maximum absolute atomic E-state index is 14.1. The molecule has 152 valence electrons. The van der Waals surface area contributed by atoms with Crippen LogP contribution in [-0.2, 0) is 4.74 Å². The fourth-order valence-electron chi connectivity index (χ4n) is 3.05. The van der Waals surface area contributed by atoms with Crippen molar-refractivity contribution in [1.29, 1.82) is 0 Å². The number of benzene rings is 2. The zero-order valence-corrected chi connectivity index (χ0v) is 17.8. The number of hydrogen-bond acceptors (Lipinski definition) is 6. The van der Waals surface area contributed by atoms with Gasteiger partial charge in [0.25, 0.3) is 5.91 Å². The molecule has 1 N–H and O–H groups in total. The number of nitrogens with zero attached hydrogens (tertiary/aromatic N) is 1. The van der Waals surface area contributed by atoms with Crippen molar-refractivity contribution in [1.82, 2.24) is 4.98 Å². The van der Waals surface area contributed by atoms with E-state index >= 15 is 0 Å². The van der Waals surface area contributed by atoms with Crippen LogP contribution in [0.1, 0.15) is 32.5 Å². The van der Waals surface area contributed by atoms with Gasteiger partial charge in [0, 0.05) is 5.56 Å². The molecular formula is C22H17FN2O3S2. The number of thiazole rings is 1. The van der Waals surface area contributed by atoms with Crippen molar-refractivity contribution in [3.05, 3.63) is 70.4 Å². The molecule has 4 rings (SSSR count). The number of rotatable bonds is 5. The highest BCUT2D eigenvalue weighted by atomic mass is 32.1. The normalized spacial score (nSPS) is 10.9. The van der Waals surface area contributed by atoms with Gasteiger partial charge in [-0.3, -0.25) is 4.79 Å². The number of carbonyl (C=O) groups is 2. The molecule has 0 aliphatic heterocycles. The van der Waals surface area contributed by atoms with E-state index in [2.05, 4.69) is 10.3 Å². The molecule has 1 amide bonds. The van der Waals surface area contributed by atoms with Crippen LogP contribution in [0.15, 0.2) is 48.5 Å². The molecule has 0 aliphatic rings. The summed E-state index contributed by atoms with van der Waals surface area (Å²) in [6.45, 7) is 3.77. The SMILES string of the molecule is CCOC(=O)c1sc(NC(=O)c2ccccc2F)c(-c2nc3ccccc3s2)c1C. The van der Waals surface area contributed by atoms with Crippen molar-refractivity contribution in [3.8, 4) is 10.6 Å². The van der Waals surface area contributed by atoms with Crippen LogP contribution < -0.4 is 5.32 Å². The van der Waals surface area contributed by atoms with Crippen molar-refractivity contribution in [2.75, 3.05) is 11.9 Å². The fourth-order valence-corrected chi connectivity index (χ4v) is 5.28. The molecule has 0 aliphatic carbocycles. The van der Waals surface area contributed by atoms with Crippen LogP contribution in [0.4, 0.5) is 9.39 Å². The van der Waals surface area contributed by atoms with Gasteiger partial charge in [0.2, 0.25) is 0 Å². The van der Waals surface area contributed by atoms with E-state index in [1.807, 2.05) is 24.3 Å². The average Bonchev–Trinajstić information content (AvgIpc) is 3.29. The number of anilines is 1. The molecule has 2 aromatic carbocycles. The third kappa shape index (κ3) is 3.71. The highest BCUT2D eigenvalue weighted by Gasteiger charge is 2.26. The smallest absolute Gasteiger partial charge is 0.348 e. The molecule has 0 saturated heterocycles. The molecule has 0 radical (unpaired) electrons. The number of para-hydroxylation sites is 1. The molecular weight excluding hydrogens is 423 g/mol. The fraction of sp³-hybridized carbons (Fsp3) is 0.136. The van der Waals surface area contributed by atoms with Gasteiger partial charge in [-0.1, -0.05) is 24.3 Å². The Bertz CT molecular complexity index is 1230. The predicted octanol–water partition coefficient (Wildman–Crippen LogP) is 5.90.